The van der Waals surface area contributed by atoms with E-state index in [4.69, 9.17) is 0 Å². The molecule has 0 saturated carbocycles. The Hall–Kier alpha value is -1.22. The lowest BCUT2D eigenvalue weighted by molar-refractivity contribution is 0.628. The van der Waals surface area contributed by atoms with E-state index < -0.39 is 0 Å². The number of hydrogen-bond acceptors (Lipinski definition) is 2. The summed E-state index contributed by atoms with van der Waals surface area (Å²) in [6.07, 6.45) is 2.12. The van der Waals surface area contributed by atoms with E-state index in [0.29, 0.717) is 0 Å². The van der Waals surface area contributed by atoms with E-state index in [-0.39, 0.29) is 5.82 Å². The molecule has 1 heterocycles. The van der Waals surface area contributed by atoms with Gasteiger partial charge in [-0.1, -0.05) is 13.3 Å². The van der Waals surface area contributed by atoms with Crippen LogP contribution in [0.3, 0.4) is 0 Å². The zero-order chi connectivity index (χ0) is 10.7. The lowest BCUT2D eigenvalue weighted by Gasteiger charge is -1.95. The van der Waals surface area contributed by atoms with Gasteiger partial charge in [0.05, 0.1) is 5.69 Å². The number of rotatable bonds is 3. The molecule has 0 unspecified atom stereocenters. The number of aromatic nitrogens is 1. The lowest BCUT2D eigenvalue weighted by Crippen LogP contribution is -1.83. The molecule has 3 heteroatoms. The Morgan fingerprint density at radius 2 is 2.00 bits per heavy atom. The highest BCUT2D eigenvalue weighted by Crippen LogP contribution is 2.24. The Morgan fingerprint density at radius 1 is 1.27 bits per heavy atom. The van der Waals surface area contributed by atoms with Gasteiger partial charge >= 0.3 is 0 Å². The molecule has 15 heavy (non-hydrogen) atoms. The maximum absolute atomic E-state index is 12.7. The summed E-state index contributed by atoms with van der Waals surface area (Å²) in [7, 11) is 0. The molecule has 1 aromatic carbocycles. The molecule has 0 aliphatic rings. The molecule has 1 aromatic heterocycles. The Morgan fingerprint density at radius 3 is 2.67 bits per heavy atom. The summed E-state index contributed by atoms with van der Waals surface area (Å²) in [6.45, 7) is 2.14. The van der Waals surface area contributed by atoms with Crippen molar-refractivity contribution >= 4 is 11.3 Å². The van der Waals surface area contributed by atoms with Gasteiger partial charge < -0.3 is 0 Å². The molecule has 0 amide bonds. The highest BCUT2D eigenvalue weighted by molar-refractivity contribution is 7.13. The zero-order valence-electron chi connectivity index (χ0n) is 8.53. The van der Waals surface area contributed by atoms with E-state index in [2.05, 4.69) is 17.3 Å². The van der Waals surface area contributed by atoms with Crippen LogP contribution in [0.1, 0.15) is 19.0 Å². The van der Waals surface area contributed by atoms with Crippen molar-refractivity contribution in [2.45, 2.75) is 19.8 Å². The van der Waals surface area contributed by atoms with Crippen LogP contribution >= 0.6 is 11.3 Å². The molecule has 0 spiro atoms. The number of nitrogens with zero attached hydrogens (tertiary/aromatic N) is 1. The fourth-order valence-electron chi connectivity index (χ4n) is 1.40. The van der Waals surface area contributed by atoms with E-state index in [0.717, 1.165) is 29.1 Å². The summed E-state index contributed by atoms with van der Waals surface area (Å²) in [5.74, 6) is -0.205. The highest BCUT2D eigenvalue weighted by atomic mass is 32.1. The molecule has 78 valence electrons. The van der Waals surface area contributed by atoms with Gasteiger partial charge in [0.2, 0.25) is 0 Å². The highest BCUT2D eigenvalue weighted by Gasteiger charge is 2.03. The van der Waals surface area contributed by atoms with Crippen LogP contribution in [0.2, 0.25) is 0 Å². The van der Waals surface area contributed by atoms with Gasteiger partial charge in [0, 0.05) is 10.9 Å². The Labute approximate surface area is 92.6 Å². The summed E-state index contributed by atoms with van der Waals surface area (Å²) >= 11 is 1.61. The fourth-order valence-corrected chi connectivity index (χ4v) is 2.26. The second kappa shape index (κ2) is 4.53. The Kier molecular flexibility index (Phi) is 3.11. The topological polar surface area (TPSA) is 12.9 Å². The van der Waals surface area contributed by atoms with E-state index in [1.54, 1.807) is 23.5 Å². The summed E-state index contributed by atoms with van der Waals surface area (Å²) in [5.41, 5.74) is 2.12. The SMILES string of the molecule is CCCc1csc(-c2ccc(F)cc2)n1. The molecule has 0 aliphatic carbocycles. The smallest absolute Gasteiger partial charge is 0.123 e. The summed E-state index contributed by atoms with van der Waals surface area (Å²) in [5, 5.41) is 3.04. The van der Waals surface area contributed by atoms with Gasteiger partial charge in [-0.2, -0.15) is 0 Å². The van der Waals surface area contributed by atoms with Gasteiger partial charge in [-0.3, -0.25) is 0 Å². The molecule has 0 N–H and O–H groups in total. The Balaban J connectivity index is 2.25. The van der Waals surface area contributed by atoms with Crippen LogP contribution in [0.15, 0.2) is 29.6 Å². The minimum absolute atomic E-state index is 0.205. The van der Waals surface area contributed by atoms with Crippen LogP contribution in [-0.4, -0.2) is 4.98 Å². The monoisotopic (exact) mass is 221 g/mol. The largest absolute Gasteiger partial charge is 0.241 e. The summed E-state index contributed by atoms with van der Waals surface area (Å²) in [4.78, 5) is 4.50. The molecule has 0 saturated heterocycles. The second-order valence-electron chi connectivity index (χ2n) is 3.40. The normalized spacial score (nSPS) is 10.5. The third-order valence-corrected chi connectivity index (χ3v) is 3.09. The molecular weight excluding hydrogens is 209 g/mol. The predicted molar refractivity (Wildman–Crippen MR) is 61.5 cm³/mol. The van der Waals surface area contributed by atoms with E-state index >= 15 is 0 Å². The molecule has 0 bridgehead atoms. The van der Waals surface area contributed by atoms with Crippen molar-refractivity contribution in [2.75, 3.05) is 0 Å². The molecule has 2 rings (SSSR count). The van der Waals surface area contributed by atoms with Crippen LogP contribution in [0, 0.1) is 5.82 Å². The van der Waals surface area contributed by atoms with Crippen molar-refractivity contribution in [1.29, 1.82) is 0 Å². The molecular formula is C12H12FNS. The minimum atomic E-state index is -0.205. The third-order valence-electron chi connectivity index (χ3n) is 2.15. The van der Waals surface area contributed by atoms with Gasteiger partial charge in [-0.25, -0.2) is 9.37 Å². The quantitative estimate of drug-likeness (QED) is 0.766. The summed E-state index contributed by atoms with van der Waals surface area (Å²) in [6, 6.07) is 6.47. The summed E-state index contributed by atoms with van der Waals surface area (Å²) < 4.78 is 12.7. The van der Waals surface area contributed by atoms with Gasteiger partial charge in [-0.15, -0.1) is 11.3 Å². The number of halogens is 1. The van der Waals surface area contributed by atoms with Gasteiger partial charge in [0.1, 0.15) is 10.8 Å². The van der Waals surface area contributed by atoms with Gasteiger partial charge in [-0.05, 0) is 30.7 Å². The van der Waals surface area contributed by atoms with E-state index in [1.807, 2.05) is 0 Å². The van der Waals surface area contributed by atoms with Crippen molar-refractivity contribution in [2.24, 2.45) is 0 Å². The van der Waals surface area contributed by atoms with Crippen molar-refractivity contribution in [1.82, 2.24) is 4.98 Å². The standard InChI is InChI=1S/C12H12FNS/c1-2-3-11-8-15-12(14-11)9-4-6-10(13)7-5-9/h4-8H,2-3H2,1H3. The first-order valence-electron chi connectivity index (χ1n) is 5.00. The molecule has 0 aliphatic heterocycles. The maximum Gasteiger partial charge on any atom is 0.123 e. The molecule has 2 aromatic rings. The van der Waals surface area contributed by atoms with Crippen molar-refractivity contribution < 1.29 is 4.39 Å². The average molecular weight is 221 g/mol. The van der Waals surface area contributed by atoms with Gasteiger partial charge in [0.15, 0.2) is 0 Å². The second-order valence-corrected chi connectivity index (χ2v) is 4.26. The average Bonchev–Trinajstić information content (AvgIpc) is 2.68. The van der Waals surface area contributed by atoms with Crippen LogP contribution < -0.4 is 0 Å². The van der Waals surface area contributed by atoms with Crippen molar-refractivity contribution in [3.63, 3.8) is 0 Å². The third kappa shape index (κ3) is 2.42. The molecule has 0 atom stereocenters. The van der Waals surface area contributed by atoms with E-state index in [1.165, 1.54) is 12.1 Å². The fraction of sp³-hybridized carbons (Fsp3) is 0.250. The molecule has 0 radical (unpaired) electrons. The van der Waals surface area contributed by atoms with Crippen LogP contribution in [-0.2, 0) is 6.42 Å². The Bertz CT molecular complexity index is 433. The predicted octanol–water partition coefficient (Wildman–Crippen LogP) is 3.90. The number of hydrogen-bond donors (Lipinski definition) is 0. The zero-order valence-corrected chi connectivity index (χ0v) is 9.35. The van der Waals surface area contributed by atoms with Gasteiger partial charge in [0.25, 0.3) is 0 Å². The van der Waals surface area contributed by atoms with Crippen LogP contribution in [0.5, 0.6) is 0 Å². The number of thiazole rings is 1. The minimum Gasteiger partial charge on any atom is -0.241 e. The number of aryl methyl sites for hydroxylation is 1. The first-order valence-corrected chi connectivity index (χ1v) is 5.88. The first kappa shape index (κ1) is 10.3. The van der Waals surface area contributed by atoms with Crippen molar-refractivity contribution in [3.05, 3.63) is 41.2 Å². The van der Waals surface area contributed by atoms with Crippen molar-refractivity contribution in [3.8, 4) is 10.6 Å². The molecule has 0 fully saturated rings. The molecule has 1 nitrogen and oxygen atoms in total. The van der Waals surface area contributed by atoms with E-state index in [9.17, 15) is 4.39 Å². The maximum atomic E-state index is 12.7. The van der Waals surface area contributed by atoms with Crippen LogP contribution in [0.25, 0.3) is 10.6 Å². The lowest BCUT2D eigenvalue weighted by atomic mass is 10.2. The van der Waals surface area contributed by atoms with Crippen LogP contribution in [0.4, 0.5) is 4.39 Å². The first-order chi connectivity index (χ1) is 7.29. The number of benzene rings is 1.